The van der Waals surface area contributed by atoms with Crippen molar-refractivity contribution in [1.29, 1.82) is 0 Å². The lowest BCUT2D eigenvalue weighted by molar-refractivity contribution is -0.120. The molecule has 2 aromatic rings. The van der Waals surface area contributed by atoms with Gasteiger partial charge in [-0.2, -0.15) is 0 Å². The Balaban J connectivity index is 1.42. The van der Waals surface area contributed by atoms with E-state index in [0.717, 1.165) is 40.9 Å². The summed E-state index contributed by atoms with van der Waals surface area (Å²) >= 11 is 5.90. The quantitative estimate of drug-likeness (QED) is 0.453. The van der Waals surface area contributed by atoms with Crippen molar-refractivity contribution >= 4 is 34.8 Å². The van der Waals surface area contributed by atoms with Gasteiger partial charge in [0.15, 0.2) is 18.2 Å². The molecule has 1 aliphatic heterocycles. The SMILES string of the molecule is CN1C2=C(C(=O)CC(C)(C)C2)C(c2ccc(OCC(=O)Nc3ccc(Cl)cc3)cc2)C2=C1CC(C)(C)CC2=O. The number of anilines is 1. The van der Waals surface area contributed by atoms with Crippen LogP contribution < -0.4 is 10.1 Å². The Morgan fingerprint density at radius 3 is 1.90 bits per heavy atom. The summed E-state index contributed by atoms with van der Waals surface area (Å²) in [5.41, 5.74) is 4.83. The van der Waals surface area contributed by atoms with E-state index in [0.29, 0.717) is 29.3 Å². The molecule has 0 aromatic heterocycles. The van der Waals surface area contributed by atoms with Gasteiger partial charge in [-0.25, -0.2) is 0 Å². The summed E-state index contributed by atoms with van der Waals surface area (Å²) in [6.45, 7) is 8.38. The first kappa shape index (κ1) is 27.2. The molecule has 0 bridgehead atoms. The van der Waals surface area contributed by atoms with E-state index in [-0.39, 0.29) is 40.8 Å². The largest absolute Gasteiger partial charge is 0.484 e. The second-order valence-corrected chi connectivity index (χ2v) is 12.9. The maximum Gasteiger partial charge on any atom is 0.262 e. The molecule has 0 radical (unpaired) electrons. The molecule has 5 rings (SSSR count). The number of hydrogen-bond donors (Lipinski definition) is 1. The van der Waals surface area contributed by atoms with Gasteiger partial charge >= 0.3 is 0 Å². The normalized spacial score (nSPS) is 20.5. The van der Waals surface area contributed by atoms with Crippen molar-refractivity contribution in [2.75, 3.05) is 19.0 Å². The topological polar surface area (TPSA) is 75.7 Å². The molecule has 7 heteroatoms. The summed E-state index contributed by atoms with van der Waals surface area (Å²) < 4.78 is 5.73. The zero-order valence-electron chi connectivity index (χ0n) is 23.2. The van der Waals surface area contributed by atoms with Crippen LogP contribution in [-0.2, 0) is 14.4 Å². The summed E-state index contributed by atoms with van der Waals surface area (Å²) in [5.74, 6) is 0.0873. The number of amides is 1. The molecule has 3 aliphatic rings. The van der Waals surface area contributed by atoms with Crippen LogP contribution in [0.1, 0.15) is 64.9 Å². The Hall–Kier alpha value is -3.38. The molecule has 6 nitrogen and oxygen atoms in total. The highest BCUT2D eigenvalue weighted by atomic mass is 35.5. The predicted molar refractivity (Wildman–Crippen MR) is 153 cm³/mol. The third kappa shape index (κ3) is 5.53. The fourth-order valence-corrected chi connectivity index (χ4v) is 6.26. The van der Waals surface area contributed by atoms with Gasteiger partial charge in [-0.1, -0.05) is 51.4 Å². The lowest BCUT2D eigenvalue weighted by atomic mass is 9.64. The summed E-state index contributed by atoms with van der Waals surface area (Å²) in [7, 11) is 2.01. The molecule has 1 amide bonds. The fraction of sp³-hybridized carbons (Fsp3) is 0.406. The van der Waals surface area contributed by atoms with Gasteiger partial charge in [0, 0.05) is 59.1 Å². The second kappa shape index (κ2) is 9.98. The van der Waals surface area contributed by atoms with Crippen molar-refractivity contribution in [3.05, 3.63) is 81.7 Å². The number of carbonyl (C=O) groups excluding carboxylic acids is 3. The Bertz CT molecular complexity index is 1350. The summed E-state index contributed by atoms with van der Waals surface area (Å²) in [5, 5.41) is 3.37. The Labute approximate surface area is 235 Å². The van der Waals surface area contributed by atoms with Gasteiger partial charge in [-0.15, -0.1) is 0 Å². The number of nitrogens with one attached hydrogen (secondary N) is 1. The number of Topliss-reactive ketones (excluding diaryl/α,β-unsaturated/α-hetero) is 2. The highest BCUT2D eigenvalue weighted by Gasteiger charge is 2.48. The first-order valence-electron chi connectivity index (χ1n) is 13.4. The third-order valence-electron chi connectivity index (χ3n) is 7.89. The van der Waals surface area contributed by atoms with Crippen LogP contribution in [0.2, 0.25) is 5.02 Å². The van der Waals surface area contributed by atoms with Gasteiger partial charge < -0.3 is 15.0 Å². The van der Waals surface area contributed by atoms with Crippen LogP contribution >= 0.6 is 11.6 Å². The van der Waals surface area contributed by atoms with Crippen molar-refractivity contribution in [3.8, 4) is 5.75 Å². The van der Waals surface area contributed by atoms with E-state index in [9.17, 15) is 14.4 Å². The maximum atomic E-state index is 13.6. The number of nitrogens with zero attached hydrogens (tertiary/aromatic N) is 1. The van der Waals surface area contributed by atoms with Gasteiger partial charge in [-0.3, -0.25) is 14.4 Å². The van der Waals surface area contributed by atoms with E-state index in [4.69, 9.17) is 16.3 Å². The van der Waals surface area contributed by atoms with Crippen LogP contribution in [0, 0.1) is 10.8 Å². The lowest BCUT2D eigenvalue weighted by Crippen LogP contribution is -2.43. The molecule has 1 heterocycles. The molecule has 0 saturated heterocycles. The Morgan fingerprint density at radius 2 is 1.38 bits per heavy atom. The number of ketones is 2. The number of allylic oxidation sites excluding steroid dienone is 4. The molecule has 39 heavy (non-hydrogen) atoms. The minimum absolute atomic E-state index is 0.112. The molecule has 0 fully saturated rings. The number of ether oxygens (including phenoxy) is 1. The second-order valence-electron chi connectivity index (χ2n) is 12.5. The van der Waals surface area contributed by atoms with E-state index in [1.54, 1.807) is 36.4 Å². The van der Waals surface area contributed by atoms with Crippen LogP contribution in [-0.4, -0.2) is 36.0 Å². The average Bonchev–Trinajstić information content (AvgIpc) is 2.85. The monoisotopic (exact) mass is 546 g/mol. The first-order chi connectivity index (χ1) is 18.3. The highest BCUT2D eigenvalue weighted by Crippen LogP contribution is 2.53. The maximum absolute atomic E-state index is 13.6. The molecule has 204 valence electrons. The molecular weight excluding hydrogens is 512 g/mol. The molecule has 0 spiro atoms. The Morgan fingerprint density at radius 1 is 0.872 bits per heavy atom. The van der Waals surface area contributed by atoms with Crippen LogP contribution in [0.4, 0.5) is 5.69 Å². The smallest absolute Gasteiger partial charge is 0.262 e. The average molecular weight is 547 g/mol. The molecular formula is C32H35ClN2O4. The van der Waals surface area contributed by atoms with Gasteiger partial charge in [-0.05, 0) is 65.6 Å². The van der Waals surface area contributed by atoms with Crippen LogP contribution in [0.3, 0.4) is 0 Å². The van der Waals surface area contributed by atoms with Crippen molar-refractivity contribution < 1.29 is 19.1 Å². The van der Waals surface area contributed by atoms with Gasteiger partial charge in [0.25, 0.3) is 5.91 Å². The number of benzene rings is 2. The van der Waals surface area contributed by atoms with E-state index in [2.05, 4.69) is 37.9 Å². The molecule has 1 N–H and O–H groups in total. The minimum Gasteiger partial charge on any atom is -0.484 e. The lowest BCUT2D eigenvalue weighted by Gasteiger charge is -2.47. The number of halogens is 1. The number of hydrogen-bond acceptors (Lipinski definition) is 5. The zero-order chi connectivity index (χ0) is 28.1. The number of rotatable bonds is 5. The highest BCUT2D eigenvalue weighted by molar-refractivity contribution is 6.30. The van der Waals surface area contributed by atoms with Crippen LogP contribution in [0.15, 0.2) is 71.1 Å². The van der Waals surface area contributed by atoms with Crippen molar-refractivity contribution in [2.24, 2.45) is 10.8 Å². The van der Waals surface area contributed by atoms with Crippen molar-refractivity contribution in [2.45, 2.75) is 59.3 Å². The summed E-state index contributed by atoms with van der Waals surface area (Å²) in [4.78, 5) is 41.7. The summed E-state index contributed by atoms with van der Waals surface area (Å²) in [6.07, 6.45) is 2.50. The van der Waals surface area contributed by atoms with E-state index in [1.165, 1.54) is 0 Å². The van der Waals surface area contributed by atoms with Crippen LogP contribution in [0.25, 0.3) is 0 Å². The van der Waals surface area contributed by atoms with E-state index in [1.807, 2.05) is 19.2 Å². The fourth-order valence-electron chi connectivity index (χ4n) is 6.13. The zero-order valence-corrected chi connectivity index (χ0v) is 23.9. The van der Waals surface area contributed by atoms with Crippen LogP contribution in [0.5, 0.6) is 5.75 Å². The Kier molecular flexibility index (Phi) is 6.96. The molecule has 2 aliphatic carbocycles. The standard InChI is InChI=1S/C32H35ClN2O4/c1-31(2)14-23-29(25(36)16-31)28(30-24(35(23)5)15-32(3,4)17-26(30)37)19-6-12-22(13-7-19)39-18-27(38)34-21-10-8-20(33)9-11-21/h6-13,28H,14-18H2,1-5H3,(H,34,38). The van der Waals surface area contributed by atoms with Gasteiger partial charge in [0.2, 0.25) is 0 Å². The van der Waals surface area contributed by atoms with Crippen molar-refractivity contribution in [1.82, 2.24) is 4.90 Å². The molecule has 0 saturated carbocycles. The molecule has 0 unspecified atom stereocenters. The molecule has 0 atom stereocenters. The van der Waals surface area contributed by atoms with Crippen molar-refractivity contribution in [3.63, 3.8) is 0 Å². The van der Waals surface area contributed by atoms with Gasteiger partial charge in [0.05, 0.1) is 0 Å². The molecule has 2 aromatic carbocycles. The summed E-state index contributed by atoms with van der Waals surface area (Å²) in [6, 6.07) is 14.3. The van der Waals surface area contributed by atoms with E-state index >= 15 is 0 Å². The van der Waals surface area contributed by atoms with Gasteiger partial charge in [0.1, 0.15) is 5.75 Å². The first-order valence-corrected chi connectivity index (χ1v) is 13.8. The van der Waals surface area contributed by atoms with E-state index < -0.39 is 0 Å². The third-order valence-corrected chi connectivity index (χ3v) is 8.14. The minimum atomic E-state index is -0.388. The predicted octanol–water partition coefficient (Wildman–Crippen LogP) is 6.67. The number of carbonyl (C=O) groups is 3.